The van der Waals surface area contributed by atoms with Crippen molar-refractivity contribution in [1.82, 2.24) is 24.3 Å². The quantitative estimate of drug-likeness (QED) is 0.269. The van der Waals surface area contributed by atoms with Crippen LogP contribution in [-0.4, -0.2) is 48.1 Å². The van der Waals surface area contributed by atoms with E-state index in [4.69, 9.17) is 9.47 Å². The zero-order valence-electron chi connectivity index (χ0n) is 22.5. The number of carbonyl (C=O) groups is 1. The minimum atomic E-state index is -1.06. The molecule has 0 bridgehead atoms. The molecule has 2 aromatic carbocycles. The number of hydrogen-bond acceptors (Lipinski definition) is 6. The van der Waals surface area contributed by atoms with Crippen LogP contribution < -0.4 is 4.74 Å². The molecule has 3 aromatic heterocycles. The van der Waals surface area contributed by atoms with E-state index in [1.165, 1.54) is 6.07 Å². The first-order valence-electron chi connectivity index (χ1n) is 13.2. The van der Waals surface area contributed by atoms with Crippen LogP contribution in [0.3, 0.4) is 0 Å². The molecule has 1 aliphatic rings. The summed E-state index contributed by atoms with van der Waals surface area (Å²) in [6, 6.07) is 11.8. The van der Waals surface area contributed by atoms with Gasteiger partial charge in [-0.1, -0.05) is 6.07 Å². The molecule has 0 spiro atoms. The molecule has 1 fully saturated rings. The number of halogens is 2. The average molecular weight is 560 g/mol. The number of carboxylic acids is 1. The molecular weight excluding hydrogens is 532 g/mol. The van der Waals surface area contributed by atoms with Crippen LogP contribution in [0.2, 0.25) is 0 Å². The van der Waals surface area contributed by atoms with Gasteiger partial charge in [-0.2, -0.15) is 5.10 Å². The van der Waals surface area contributed by atoms with Crippen molar-refractivity contribution < 1.29 is 28.2 Å². The summed E-state index contributed by atoms with van der Waals surface area (Å²) >= 11 is 0. The first-order chi connectivity index (χ1) is 19.7. The molecule has 0 saturated carbocycles. The van der Waals surface area contributed by atoms with Crippen molar-refractivity contribution in [2.24, 2.45) is 7.05 Å². The maximum Gasteiger partial charge on any atom is 0.335 e. The zero-order valence-corrected chi connectivity index (χ0v) is 22.5. The Kier molecular flexibility index (Phi) is 6.96. The summed E-state index contributed by atoms with van der Waals surface area (Å²) in [4.78, 5) is 20.6. The number of aromatic carboxylic acids is 1. The van der Waals surface area contributed by atoms with Crippen LogP contribution in [0.4, 0.5) is 8.78 Å². The largest absolute Gasteiger partial charge is 0.478 e. The van der Waals surface area contributed by atoms with Crippen molar-refractivity contribution in [2.45, 2.75) is 39.0 Å². The molecule has 6 rings (SSSR count). The SMILES string of the molecule is Cc1cn(C)nc1COc1cccc(-c2cc(F)c(Cc3nc4ccc(C(=O)O)cc4n3CC3CCO3)cc2F)n1. The third-order valence-corrected chi connectivity index (χ3v) is 7.21. The number of benzene rings is 2. The van der Waals surface area contributed by atoms with E-state index in [9.17, 15) is 9.90 Å². The fourth-order valence-electron chi connectivity index (χ4n) is 4.95. The van der Waals surface area contributed by atoms with Crippen LogP contribution in [0, 0.1) is 18.6 Å². The number of rotatable bonds is 9. The van der Waals surface area contributed by atoms with Crippen LogP contribution in [0.25, 0.3) is 22.3 Å². The summed E-state index contributed by atoms with van der Waals surface area (Å²) in [6.07, 6.45) is 2.69. The third kappa shape index (κ3) is 5.40. The lowest BCUT2D eigenvalue weighted by molar-refractivity contribution is -0.0589. The first kappa shape index (κ1) is 26.6. The summed E-state index contributed by atoms with van der Waals surface area (Å²) in [7, 11) is 1.82. The van der Waals surface area contributed by atoms with Crippen molar-refractivity contribution >= 4 is 17.0 Å². The first-order valence-corrected chi connectivity index (χ1v) is 13.2. The van der Waals surface area contributed by atoms with Gasteiger partial charge in [-0.05, 0) is 60.9 Å². The average Bonchev–Trinajstić information content (AvgIpc) is 3.43. The summed E-state index contributed by atoms with van der Waals surface area (Å²) < 4.78 is 45.7. The second-order valence-electron chi connectivity index (χ2n) is 10.1. The summed E-state index contributed by atoms with van der Waals surface area (Å²) in [5, 5.41) is 13.8. The number of ether oxygens (including phenoxy) is 2. The van der Waals surface area contributed by atoms with E-state index in [-0.39, 0.29) is 47.4 Å². The maximum atomic E-state index is 15.4. The van der Waals surface area contributed by atoms with E-state index in [2.05, 4.69) is 15.1 Å². The van der Waals surface area contributed by atoms with Gasteiger partial charge in [0.25, 0.3) is 0 Å². The molecule has 1 saturated heterocycles. The van der Waals surface area contributed by atoms with E-state index >= 15 is 8.78 Å². The molecule has 4 heterocycles. The van der Waals surface area contributed by atoms with Crippen molar-refractivity contribution in [3.63, 3.8) is 0 Å². The molecule has 210 valence electrons. The lowest BCUT2D eigenvalue weighted by Gasteiger charge is -2.27. The molecule has 9 nitrogen and oxygen atoms in total. The molecule has 0 radical (unpaired) electrons. The van der Waals surface area contributed by atoms with Crippen LogP contribution in [0.1, 0.15) is 39.4 Å². The van der Waals surface area contributed by atoms with Crippen LogP contribution >= 0.6 is 0 Å². The molecule has 1 unspecified atom stereocenters. The topological polar surface area (TPSA) is 104 Å². The highest BCUT2D eigenvalue weighted by molar-refractivity contribution is 5.92. The number of nitrogens with zero attached hydrogens (tertiary/aromatic N) is 5. The van der Waals surface area contributed by atoms with E-state index in [0.717, 1.165) is 29.8 Å². The van der Waals surface area contributed by atoms with E-state index in [1.54, 1.807) is 35.0 Å². The van der Waals surface area contributed by atoms with Crippen molar-refractivity contribution in [2.75, 3.05) is 6.61 Å². The second-order valence-corrected chi connectivity index (χ2v) is 10.1. The molecule has 5 aromatic rings. The van der Waals surface area contributed by atoms with Gasteiger partial charge < -0.3 is 19.1 Å². The minimum absolute atomic E-state index is 0.00679. The molecule has 11 heteroatoms. The second kappa shape index (κ2) is 10.7. The molecule has 0 aliphatic carbocycles. The standard InChI is InChI=1S/C30H27F2N5O4/c1-17-14-36(2)35-26(17)16-41-29-5-3-4-24(34-29)21-13-22(31)19(10-23(21)32)12-28-33-25-7-6-18(30(38)39)11-27(25)37(28)15-20-8-9-40-20/h3-7,10-11,13-14,20H,8-9,12,15-16H2,1-2H3,(H,38,39). The Bertz CT molecular complexity index is 1780. The van der Waals surface area contributed by atoms with Crippen LogP contribution in [0.5, 0.6) is 5.88 Å². The van der Waals surface area contributed by atoms with Gasteiger partial charge in [0.2, 0.25) is 5.88 Å². The van der Waals surface area contributed by atoms with Crippen LogP contribution in [-0.2, 0) is 31.4 Å². The van der Waals surface area contributed by atoms with Crippen molar-refractivity contribution in [3.05, 3.63) is 94.6 Å². The Labute approximate surface area is 234 Å². The smallest absolute Gasteiger partial charge is 0.335 e. The fourth-order valence-corrected chi connectivity index (χ4v) is 4.95. The van der Waals surface area contributed by atoms with E-state index in [1.807, 2.05) is 24.7 Å². The number of aryl methyl sites for hydroxylation is 2. The van der Waals surface area contributed by atoms with Gasteiger partial charge >= 0.3 is 5.97 Å². The van der Waals surface area contributed by atoms with Crippen LogP contribution in [0.15, 0.2) is 54.7 Å². The van der Waals surface area contributed by atoms with Gasteiger partial charge in [-0.3, -0.25) is 4.68 Å². The molecule has 41 heavy (non-hydrogen) atoms. The third-order valence-electron chi connectivity index (χ3n) is 7.21. The fraction of sp³-hybridized carbons (Fsp3) is 0.267. The van der Waals surface area contributed by atoms with Gasteiger partial charge in [0.05, 0.1) is 34.9 Å². The Hall–Kier alpha value is -4.64. The molecule has 1 aliphatic heterocycles. The van der Waals surface area contributed by atoms with E-state index < -0.39 is 17.6 Å². The number of pyridine rings is 1. The Balaban J connectivity index is 1.28. The summed E-state index contributed by atoms with van der Waals surface area (Å²) in [5.41, 5.74) is 3.40. The van der Waals surface area contributed by atoms with E-state index in [0.29, 0.717) is 30.0 Å². The summed E-state index contributed by atoms with van der Waals surface area (Å²) in [6.45, 7) is 3.21. The minimum Gasteiger partial charge on any atom is -0.478 e. The normalized spacial score (nSPS) is 14.8. The Morgan fingerprint density at radius 3 is 2.68 bits per heavy atom. The van der Waals surface area contributed by atoms with Gasteiger partial charge in [0.15, 0.2) is 0 Å². The van der Waals surface area contributed by atoms with Gasteiger partial charge in [-0.25, -0.2) is 23.5 Å². The highest BCUT2D eigenvalue weighted by Crippen LogP contribution is 2.29. The molecular formula is C30H27F2N5O4. The number of fused-ring (bicyclic) bond motifs is 1. The Morgan fingerprint density at radius 1 is 1.15 bits per heavy atom. The molecule has 1 N–H and O–H groups in total. The lowest BCUT2D eigenvalue weighted by atomic mass is 10.0. The van der Waals surface area contributed by atoms with Gasteiger partial charge in [0.1, 0.15) is 29.8 Å². The molecule has 0 amide bonds. The highest BCUT2D eigenvalue weighted by Gasteiger charge is 2.23. The number of imidazole rings is 1. The predicted molar refractivity (Wildman–Crippen MR) is 146 cm³/mol. The van der Waals surface area contributed by atoms with Gasteiger partial charge in [0, 0.05) is 37.9 Å². The number of aromatic nitrogens is 5. The molecule has 1 atom stereocenters. The number of carboxylic acid groups (broad SMARTS) is 1. The van der Waals surface area contributed by atoms with Crippen molar-refractivity contribution in [3.8, 4) is 17.1 Å². The Morgan fingerprint density at radius 2 is 1.98 bits per heavy atom. The van der Waals surface area contributed by atoms with Crippen molar-refractivity contribution in [1.29, 1.82) is 0 Å². The number of hydrogen-bond donors (Lipinski definition) is 1. The summed E-state index contributed by atoms with van der Waals surface area (Å²) in [5.74, 6) is -1.54. The highest BCUT2D eigenvalue weighted by atomic mass is 19.1. The predicted octanol–water partition coefficient (Wildman–Crippen LogP) is 5.08. The zero-order chi connectivity index (χ0) is 28.7. The van der Waals surface area contributed by atoms with Gasteiger partial charge in [-0.15, -0.1) is 0 Å². The monoisotopic (exact) mass is 559 g/mol. The maximum absolute atomic E-state index is 15.4. The lowest BCUT2D eigenvalue weighted by Crippen LogP contribution is -2.31.